The Hall–Kier alpha value is -0.990. The molecule has 0 radical (unpaired) electrons. The van der Waals surface area contributed by atoms with Gasteiger partial charge in [0.15, 0.2) is 0 Å². The average molecular weight is 235 g/mol. The SMILES string of the molecule is CCCn1cc(C)nc1NCC1CCCCC1. The molecule has 2 rings (SSSR count). The summed E-state index contributed by atoms with van der Waals surface area (Å²) in [5.74, 6) is 1.92. The molecule has 1 fully saturated rings. The predicted octanol–water partition coefficient (Wildman–Crippen LogP) is 3.59. The smallest absolute Gasteiger partial charge is 0.203 e. The zero-order valence-electron chi connectivity index (χ0n) is 11.2. The maximum absolute atomic E-state index is 4.57. The van der Waals surface area contributed by atoms with Crippen LogP contribution in [0.5, 0.6) is 0 Å². The summed E-state index contributed by atoms with van der Waals surface area (Å²) in [4.78, 5) is 4.57. The lowest BCUT2D eigenvalue weighted by molar-refractivity contribution is 0.372. The number of aryl methyl sites for hydroxylation is 2. The van der Waals surface area contributed by atoms with Crippen LogP contribution in [-0.4, -0.2) is 16.1 Å². The number of hydrogen-bond acceptors (Lipinski definition) is 2. The first-order valence-electron chi connectivity index (χ1n) is 7.07. The van der Waals surface area contributed by atoms with Gasteiger partial charge in [-0.3, -0.25) is 0 Å². The van der Waals surface area contributed by atoms with Crippen molar-refractivity contribution < 1.29 is 0 Å². The number of imidazole rings is 1. The van der Waals surface area contributed by atoms with Crippen LogP contribution in [0.2, 0.25) is 0 Å². The second-order valence-corrected chi connectivity index (χ2v) is 5.28. The minimum atomic E-state index is 0.857. The molecular weight excluding hydrogens is 210 g/mol. The number of hydrogen-bond donors (Lipinski definition) is 1. The van der Waals surface area contributed by atoms with Gasteiger partial charge in [-0.1, -0.05) is 26.2 Å². The molecule has 1 aliphatic rings. The third kappa shape index (κ3) is 3.48. The predicted molar refractivity (Wildman–Crippen MR) is 72.3 cm³/mol. The third-order valence-corrected chi connectivity index (χ3v) is 3.64. The molecule has 3 heteroatoms. The van der Waals surface area contributed by atoms with E-state index in [0.717, 1.165) is 37.1 Å². The lowest BCUT2D eigenvalue weighted by Crippen LogP contribution is -2.19. The normalized spacial score (nSPS) is 17.3. The van der Waals surface area contributed by atoms with Crippen LogP contribution in [0, 0.1) is 12.8 Å². The first-order valence-corrected chi connectivity index (χ1v) is 7.07. The quantitative estimate of drug-likeness (QED) is 0.845. The van der Waals surface area contributed by atoms with E-state index in [1.165, 1.54) is 32.1 Å². The highest BCUT2D eigenvalue weighted by molar-refractivity contribution is 5.28. The summed E-state index contributed by atoms with van der Waals surface area (Å²) in [7, 11) is 0. The summed E-state index contributed by atoms with van der Waals surface area (Å²) in [6, 6.07) is 0. The second kappa shape index (κ2) is 6.08. The van der Waals surface area contributed by atoms with Crippen molar-refractivity contribution in [3.63, 3.8) is 0 Å². The molecule has 3 nitrogen and oxygen atoms in total. The highest BCUT2D eigenvalue weighted by Gasteiger charge is 2.14. The Balaban J connectivity index is 1.88. The summed E-state index contributed by atoms with van der Waals surface area (Å²) >= 11 is 0. The summed E-state index contributed by atoms with van der Waals surface area (Å²) in [5.41, 5.74) is 1.12. The Bertz CT molecular complexity index is 337. The average Bonchev–Trinajstić information content (AvgIpc) is 2.69. The van der Waals surface area contributed by atoms with Crippen molar-refractivity contribution in [3.8, 4) is 0 Å². The molecule has 1 aliphatic carbocycles. The van der Waals surface area contributed by atoms with Gasteiger partial charge in [0.05, 0.1) is 5.69 Å². The maximum atomic E-state index is 4.57. The van der Waals surface area contributed by atoms with Gasteiger partial charge in [0.25, 0.3) is 0 Å². The van der Waals surface area contributed by atoms with Gasteiger partial charge in [0, 0.05) is 19.3 Å². The van der Waals surface area contributed by atoms with Crippen LogP contribution in [0.4, 0.5) is 5.95 Å². The number of nitrogens with one attached hydrogen (secondary N) is 1. The van der Waals surface area contributed by atoms with Crippen molar-refractivity contribution in [2.24, 2.45) is 5.92 Å². The zero-order chi connectivity index (χ0) is 12.1. The van der Waals surface area contributed by atoms with Crippen LogP contribution in [0.3, 0.4) is 0 Å². The summed E-state index contributed by atoms with van der Waals surface area (Å²) in [6.45, 7) is 6.44. The topological polar surface area (TPSA) is 29.9 Å². The summed E-state index contributed by atoms with van der Waals surface area (Å²) in [5, 5.41) is 3.54. The molecule has 1 N–H and O–H groups in total. The van der Waals surface area contributed by atoms with Crippen molar-refractivity contribution in [2.75, 3.05) is 11.9 Å². The molecule has 0 atom stereocenters. The van der Waals surface area contributed by atoms with E-state index in [1.54, 1.807) is 0 Å². The largest absolute Gasteiger partial charge is 0.355 e. The van der Waals surface area contributed by atoms with Crippen molar-refractivity contribution in [1.82, 2.24) is 9.55 Å². The highest BCUT2D eigenvalue weighted by atomic mass is 15.2. The van der Waals surface area contributed by atoms with Gasteiger partial charge >= 0.3 is 0 Å². The molecule has 0 bridgehead atoms. The maximum Gasteiger partial charge on any atom is 0.203 e. The summed E-state index contributed by atoms with van der Waals surface area (Å²) < 4.78 is 2.25. The van der Waals surface area contributed by atoms with Crippen molar-refractivity contribution in [3.05, 3.63) is 11.9 Å². The van der Waals surface area contributed by atoms with Crippen LogP contribution >= 0.6 is 0 Å². The van der Waals surface area contributed by atoms with Crippen LogP contribution in [0.15, 0.2) is 6.20 Å². The number of rotatable bonds is 5. The third-order valence-electron chi connectivity index (χ3n) is 3.64. The zero-order valence-corrected chi connectivity index (χ0v) is 11.2. The lowest BCUT2D eigenvalue weighted by atomic mass is 9.89. The molecule has 0 unspecified atom stereocenters. The monoisotopic (exact) mass is 235 g/mol. The molecule has 1 saturated carbocycles. The number of anilines is 1. The van der Waals surface area contributed by atoms with Gasteiger partial charge in [0.2, 0.25) is 5.95 Å². The molecule has 0 aliphatic heterocycles. The molecule has 17 heavy (non-hydrogen) atoms. The van der Waals surface area contributed by atoms with E-state index >= 15 is 0 Å². The molecule has 0 spiro atoms. The Morgan fingerprint density at radius 1 is 1.35 bits per heavy atom. The molecule has 96 valence electrons. The Morgan fingerprint density at radius 3 is 2.82 bits per heavy atom. The first kappa shape index (κ1) is 12.5. The van der Waals surface area contributed by atoms with Gasteiger partial charge in [0.1, 0.15) is 0 Å². The Kier molecular flexibility index (Phi) is 4.46. The minimum Gasteiger partial charge on any atom is -0.355 e. The van der Waals surface area contributed by atoms with E-state index < -0.39 is 0 Å². The lowest BCUT2D eigenvalue weighted by Gasteiger charge is -2.22. The van der Waals surface area contributed by atoms with Gasteiger partial charge in [-0.25, -0.2) is 4.98 Å². The van der Waals surface area contributed by atoms with E-state index in [-0.39, 0.29) is 0 Å². The van der Waals surface area contributed by atoms with E-state index in [4.69, 9.17) is 0 Å². The molecule has 0 aromatic carbocycles. The van der Waals surface area contributed by atoms with Crippen molar-refractivity contribution in [2.45, 2.75) is 58.9 Å². The minimum absolute atomic E-state index is 0.857. The van der Waals surface area contributed by atoms with Crippen molar-refractivity contribution >= 4 is 5.95 Å². The van der Waals surface area contributed by atoms with Crippen LogP contribution < -0.4 is 5.32 Å². The fraction of sp³-hybridized carbons (Fsp3) is 0.786. The number of aromatic nitrogens is 2. The molecular formula is C14H25N3. The second-order valence-electron chi connectivity index (χ2n) is 5.28. The molecule has 0 saturated heterocycles. The Morgan fingerprint density at radius 2 is 2.12 bits per heavy atom. The van der Waals surface area contributed by atoms with E-state index in [0.29, 0.717) is 0 Å². The van der Waals surface area contributed by atoms with E-state index in [2.05, 4.69) is 34.9 Å². The van der Waals surface area contributed by atoms with Crippen molar-refractivity contribution in [1.29, 1.82) is 0 Å². The van der Waals surface area contributed by atoms with Gasteiger partial charge in [-0.15, -0.1) is 0 Å². The fourth-order valence-corrected chi connectivity index (χ4v) is 2.73. The van der Waals surface area contributed by atoms with Gasteiger partial charge in [-0.05, 0) is 32.1 Å². The Labute approximate surface area is 105 Å². The van der Waals surface area contributed by atoms with Gasteiger partial charge in [-0.2, -0.15) is 0 Å². The summed E-state index contributed by atoms with van der Waals surface area (Å²) in [6.07, 6.45) is 10.3. The van der Waals surface area contributed by atoms with Crippen LogP contribution in [0.25, 0.3) is 0 Å². The number of nitrogens with zero attached hydrogens (tertiary/aromatic N) is 2. The van der Waals surface area contributed by atoms with E-state index in [1.807, 2.05) is 0 Å². The standard InChI is InChI=1S/C14H25N3/c1-3-9-17-11-12(2)16-14(17)15-10-13-7-5-4-6-8-13/h11,13H,3-10H2,1-2H3,(H,15,16). The van der Waals surface area contributed by atoms with Gasteiger partial charge < -0.3 is 9.88 Å². The first-order chi connectivity index (χ1) is 8.29. The van der Waals surface area contributed by atoms with Crippen LogP contribution in [-0.2, 0) is 6.54 Å². The molecule has 1 aromatic heterocycles. The molecule has 0 amide bonds. The molecule has 1 heterocycles. The van der Waals surface area contributed by atoms with Crippen LogP contribution in [0.1, 0.15) is 51.1 Å². The molecule has 1 aromatic rings. The highest BCUT2D eigenvalue weighted by Crippen LogP contribution is 2.23. The fourth-order valence-electron chi connectivity index (χ4n) is 2.73. The van der Waals surface area contributed by atoms with E-state index in [9.17, 15) is 0 Å².